The van der Waals surface area contributed by atoms with Crippen molar-refractivity contribution in [3.8, 4) is 17.2 Å². The topological polar surface area (TPSA) is 74.7 Å². The molecule has 202 valence electrons. The molecule has 2 aromatic heterocycles. The Labute approximate surface area is 223 Å². The molecule has 0 fully saturated rings. The molecule has 0 saturated carbocycles. The molecule has 5 nitrogen and oxygen atoms in total. The second-order valence-corrected chi connectivity index (χ2v) is 9.09. The number of aryl methyl sites for hydroxylation is 1. The van der Waals surface area contributed by atoms with Gasteiger partial charge in [0.05, 0.1) is 34.9 Å². The SMILES string of the molecule is Cn1cncc1C(O)(c1ccc(C(F)(F)F)cc1)c1ccc2nc(C(F)(F)F)c(-c3ccccc3)c(C#N)c2c1. The standard InChI is InChI=1S/C29H18F6N4O/c1-39-16-37-15-24(39)27(40,18-7-9-19(10-8-18)28(30,31)32)20-11-12-23-21(13-20)22(14-36)25(17-5-3-2-4-6-17)26(38-23)29(33,34)35/h2-13,15-16,40H,1H3. The van der Waals surface area contributed by atoms with E-state index in [1.807, 2.05) is 6.07 Å². The Hall–Kier alpha value is -4.69. The van der Waals surface area contributed by atoms with Gasteiger partial charge in [-0.2, -0.15) is 31.6 Å². The molecule has 5 aromatic rings. The molecular weight excluding hydrogens is 534 g/mol. The molecule has 11 heteroatoms. The Bertz CT molecular complexity index is 1750. The number of fused-ring (bicyclic) bond motifs is 1. The van der Waals surface area contributed by atoms with Gasteiger partial charge in [-0.05, 0) is 41.0 Å². The van der Waals surface area contributed by atoms with Crippen LogP contribution in [0.4, 0.5) is 26.3 Å². The maximum Gasteiger partial charge on any atom is 0.434 e. The number of hydrogen-bond donors (Lipinski definition) is 1. The van der Waals surface area contributed by atoms with Gasteiger partial charge in [0.1, 0.15) is 6.07 Å². The van der Waals surface area contributed by atoms with E-state index in [9.17, 15) is 36.7 Å². The highest BCUT2D eigenvalue weighted by Gasteiger charge is 2.40. The van der Waals surface area contributed by atoms with Gasteiger partial charge in [0.15, 0.2) is 11.3 Å². The molecule has 0 spiro atoms. The van der Waals surface area contributed by atoms with Gasteiger partial charge in [0.25, 0.3) is 0 Å². The predicted molar refractivity (Wildman–Crippen MR) is 134 cm³/mol. The van der Waals surface area contributed by atoms with Crippen LogP contribution in [-0.4, -0.2) is 19.6 Å². The van der Waals surface area contributed by atoms with Gasteiger partial charge >= 0.3 is 12.4 Å². The van der Waals surface area contributed by atoms with E-state index in [2.05, 4.69) is 9.97 Å². The first-order valence-electron chi connectivity index (χ1n) is 11.7. The monoisotopic (exact) mass is 552 g/mol. The quantitative estimate of drug-likeness (QED) is 0.248. The van der Waals surface area contributed by atoms with Gasteiger partial charge in [0.2, 0.25) is 0 Å². The van der Waals surface area contributed by atoms with Crippen molar-refractivity contribution in [1.29, 1.82) is 5.26 Å². The van der Waals surface area contributed by atoms with Crippen molar-refractivity contribution in [3.63, 3.8) is 0 Å². The number of pyridine rings is 1. The zero-order chi connectivity index (χ0) is 28.9. The maximum atomic E-state index is 14.1. The fourth-order valence-electron chi connectivity index (χ4n) is 4.76. The van der Waals surface area contributed by atoms with E-state index in [4.69, 9.17) is 0 Å². The van der Waals surface area contributed by atoms with Crippen molar-refractivity contribution in [1.82, 2.24) is 14.5 Å². The number of hydrogen-bond acceptors (Lipinski definition) is 4. The van der Waals surface area contributed by atoms with E-state index >= 15 is 0 Å². The minimum atomic E-state index is -4.88. The molecule has 0 aliphatic rings. The van der Waals surface area contributed by atoms with Gasteiger partial charge in [-0.15, -0.1) is 0 Å². The molecule has 1 N–H and O–H groups in total. The number of aromatic nitrogens is 3. The van der Waals surface area contributed by atoms with Crippen molar-refractivity contribution in [2.45, 2.75) is 18.0 Å². The largest absolute Gasteiger partial charge is 0.434 e. The fraction of sp³-hybridized carbons (Fsp3) is 0.138. The number of rotatable bonds is 4. The van der Waals surface area contributed by atoms with Crippen molar-refractivity contribution in [2.24, 2.45) is 7.05 Å². The molecule has 2 heterocycles. The zero-order valence-electron chi connectivity index (χ0n) is 20.6. The molecule has 40 heavy (non-hydrogen) atoms. The first-order valence-corrected chi connectivity index (χ1v) is 11.7. The van der Waals surface area contributed by atoms with Gasteiger partial charge in [0, 0.05) is 18.0 Å². The van der Waals surface area contributed by atoms with Crippen LogP contribution >= 0.6 is 0 Å². The Kier molecular flexibility index (Phi) is 6.39. The Balaban J connectivity index is 1.82. The van der Waals surface area contributed by atoms with Crippen molar-refractivity contribution < 1.29 is 31.4 Å². The van der Waals surface area contributed by atoms with Crippen LogP contribution in [0.3, 0.4) is 0 Å². The van der Waals surface area contributed by atoms with Gasteiger partial charge in [-0.25, -0.2) is 9.97 Å². The summed E-state index contributed by atoms with van der Waals surface area (Å²) in [6.07, 6.45) is -6.77. The highest BCUT2D eigenvalue weighted by molar-refractivity contribution is 5.93. The first kappa shape index (κ1) is 26.9. The molecule has 0 amide bonds. The van der Waals surface area contributed by atoms with E-state index in [1.165, 1.54) is 59.6 Å². The second-order valence-electron chi connectivity index (χ2n) is 9.09. The van der Waals surface area contributed by atoms with Crippen LogP contribution < -0.4 is 0 Å². The van der Waals surface area contributed by atoms with Gasteiger partial charge in [-0.1, -0.05) is 48.5 Å². The maximum absolute atomic E-state index is 14.1. The third kappa shape index (κ3) is 4.46. The summed E-state index contributed by atoms with van der Waals surface area (Å²) >= 11 is 0. The lowest BCUT2D eigenvalue weighted by Gasteiger charge is -2.30. The minimum absolute atomic E-state index is 0.0272. The molecule has 0 aliphatic heterocycles. The summed E-state index contributed by atoms with van der Waals surface area (Å²) in [6, 6.07) is 17.2. The van der Waals surface area contributed by atoms with Crippen LogP contribution in [0.25, 0.3) is 22.0 Å². The van der Waals surface area contributed by atoms with E-state index < -0.39 is 34.8 Å². The van der Waals surface area contributed by atoms with E-state index in [-0.39, 0.29) is 38.9 Å². The Morgan fingerprint density at radius 1 is 0.825 bits per heavy atom. The summed E-state index contributed by atoms with van der Waals surface area (Å²) in [4.78, 5) is 7.86. The number of aliphatic hydroxyl groups is 1. The van der Waals surface area contributed by atoms with Crippen LogP contribution in [0.15, 0.2) is 85.3 Å². The van der Waals surface area contributed by atoms with Crippen LogP contribution in [0.2, 0.25) is 0 Å². The molecule has 1 atom stereocenters. The molecule has 0 saturated heterocycles. The lowest BCUT2D eigenvalue weighted by Crippen LogP contribution is -2.31. The highest BCUT2D eigenvalue weighted by atomic mass is 19.4. The lowest BCUT2D eigenvalue weighted by atomic mass is 9.82. The smallest absolute Gasteiger partial charge is 0.374 e. The van der Waals surface area contributed by atoms with E-state index in [0.717, 1.165) is 24.3 Å². The first-order chi connectivity index (χ1) is 18.9. The highest BCUT2D eigenvalue weighted by Crippen LogP contribution is 2.43. The Morgan fingerprint density at radius 2 is 1.45 bits per heavy atom. The van der Waals surface area contributed by atoms with E-state index in [1.54, 1.807) is 13.1 Å². The molecule has 0 bridgehead atoms. The second kappa shape index (κ2) is 9.50. The summed E-state index contributed by atoms with van der Waals surface area (Å²) in [5.41, 5.74) is -4.71. The number of alkyl halides is 6. The number of nitriles is 1. The van der Waals surface area contributed by atoms with Crippen LogP contribution in [-0.2, 0) is 25.0 Å². The van der Waals surface area contributed by atoms with Crippen LogP contribution in [0, 0.1) is 11.3 Å². The number of benzene rings is 3. The van der Waals surface area contributed by atoms with Gasteiger partial charge in [-0.3, -0.25) is 0 Å². The minimum Gasteiger partial charge on any atom is -0.374 e. The van der Waals surface area contributed by atoms with Gasteiger partial charge < -0.3 is 9.67 Å². The molecule has 3 aromatic carbocycles. The van der Waals surface area contributed by atoms with Crippen molar-refractivity contribution in [2.75, 3.05) is 0 Å². The Morgan fingerprint density at radius 3 is 2.00 bits per heavy atom. The molecule has 0 aliphatic carbocycles. The molecule has 1 unspecified atom stereocenters. The average Bonchev–Trinajstić information content (AvgIpc) is 3.37. The number of imidazole rings is 1. The molecule has 5 rings (SSSR count). The molecular formula is C29H18F6N4O. The van der Waals surface area contributed by atoms with Crippen LogP contribution in [0.1, 0.15) is 33.6 Å². The number of nitrogens with zero attached hydrogens (tertiary/aromatic N) is 4. The van der Waals surface area contributed by atoms with Crippen molar-refractivity contribution in [3.05, 3.63) is 119 Å². The predicted octanol–water partition coefficient (Wildman–Crippen LogP) is 6.83. The average molecular weight is 552 g/mol. The number of halogens is 6. The summed E-state index contributed by atoms with van der Waals surface area (Å²) in [5, 5.41) is 22.3. The third-order valence-electron chi connectivity index (χ3n) is 6.66. The normalized spacial score (nSPS) is 13.7. The molecule has 0 radical (unpaired) electrons. The van der Waals surface area contributed by atoms with Crippen LogP contribution in [0.5, 0.6) is 0 Å². The summed E-state index contributed by atoms with van der Waals surface area (Å²) < 4.78 is 83.5. The zero-order valence-corrected chi connectivity index (χ0v) is 20.6. The fourth-order valence-corrected chi connectivity index (χ4v) is 4.76. The summed E-state index contributed by atoms with van der Waals surface area (Å²) in [7, 11) is 1.57. The summed E-state index contributed by atoms with van der Waals surface area (Å²) in [6.45, 7) is 0. The third-order valence-corrected chi connectivity index (χ3v) is 6.66. The van der Waals surface area contributed by atoms with E-state index in [0.29, 0.717) is 0 Å². The van der Waals surface area contributed by atoms with Crippen molar-refractivity contribution >= 4 is 10.9 Å². The lowest BCUT2D eigenvalue weighted by molar-refractivity contribution is -0.140. The summed E-state index contributed by atoms with van der Waals surface area (Å²) in [5.74, 6) is 0.